The number of carbonyl (C=O) groups is 3. The van der Waals surface area contributed by atoms with Crippen molar-refractivity contribution >= 4 is 29.2 Å². The number of hydrogen-bond donors (Lipinski definition) is 2. The van der Waals surface area contributed by atoms with E-state index in [0.29, 0.717) is 30.1 Å². The summed E-state index contributed by atoms with van der Waals surface area (Å²) in [7, 11) is 1.55. The Kier molecular flexibility index (Phi) is 9.02. The molecule has 1 saturated heterocycles. The molecule has 2 N–H and O–H groups in total. The second kappa shape index (κ2) is 12.0. The minimum atomic E-state index is -0.267. The maximum absolute atomic E-state index is 13.1. The summed E-state index contributed by atoms with van der Waals surface area (Å²) in [6.07, 6.45) is 0. The van der Waals surface area contributed by atoms with E-state index in [1.165, 1.54) is 4.90 Å². The van der Waals surface area contributed by atoms with Gasteiger partial charge >= 0.3 is 6.03 Å². The van der Waals surface area contributed by atoms with Crippen molar-refractivity contribution < 1.29 is 19.1 Å². The third-order valence-corrected chi connectivity index (χ3v) is 6.08. The Morgan fingerprint density at radius 2 is 1.65 bits per heavy atom. The van der Waals surface area contributed by atoms with Gasteiger partial charge < -0.3 is 30.1 Å². The Morgan fingerprint density at radius 3 is 2.22 bits per heavy atom. The predicted molar refractivity (Wildman–Crippen MR) is 146 cm³/mol. The number of piperazine rings is 1. The first-order valence-corrected chi connectivity index (χ1v) is 12.6. The highest BCUT2D eigenvalue weighted by molar-refractivity contribution is 5.99. The fraction of sp³-hybridized carbons (Fsp3) is 0.464. The fourth-order valence-corrected chi connectivity index (χ4v) is 4.09. The molecule has 0 atom stereocenters. The zero-order chi connectivity index (χ0) is 27.2. The van der Waals surface area contributed by atoms with Gasteiger partial charge in [0.05, 0.1) is 7.11 Å². The molecule has 37 heavy (non-hydrogen) atoms. The lowest BCUT2D eigenvalue weighted by atomic mass is 10.1. The van der Waals surface area contributed by atoms with Gasteiger partial charge in [0.1, 0.15) is 12.3 Å². The third-order valence-electron chi connectivity index (χ3n) is 6.08. The van der Waals surface area contributed by atoms with Gasteiger partial charge in [-0.05, 0) is 77.1 Å². The Balaban J connectivity index is 1.55. The summed E-state index contributed by atoms with van der Waals surface area (Å²) >= 11 is 0. The predicted octanol–water partition coefficient (Wildman–Crippen LogP) is 3.81. The Hall–Kier alpha value is -3.75. The number of urea groups is 1. The van der Waals surface area contributed by atoms with Crippen molar-refractivity contribution in [3.63, 3.8) is 0 Å². The molecule has 2 aromatic carbocycles. The van der Waals surface area contributed by atoms with Crippen LogP contribution in [0.1, 0.15) is 45.0 Å². The van der Waals surface area contributed by atoms with E-state index in [-0.39, 0.29) is 36.0 Å². The van der Waals surface area contributed by atoms with Gasteiger partial charge in [-0.15, -0.1) is 0 Å². The highest BCUT2D eigenvalue weighted by Crippen LogP contribution is 2.20. The molecule has 200 valence electrons. The van der Waals surface area contributed by atoms with Gasteiger partial charge in [-0.1, -0.05) is 6.07 Å². The van der Waals surface area contributed by atoms with Crippen molar-refractivity contribution in [3.8, 4) is 5.75 Å². The molecule has 9 heteroatoms. The minimum Gasteiger partial charge on any atom is -0.497 e. The molecular formula is C28H39N5O4. The smallest absolute Gasteiger partial charge is 0.317 e. The van der Waals surface area contributed by atoms with Crippen LogP contribution in [0.2, 0.25) is 0 Å². The number of nitrogens with zero attached hydrogens (tertiary/aromatic N) is 3. The van der Waals surface area contributed by atoms with Crippen LogP contribution in [0.4, 0.5) is 16.2 Å². The zero-order valence-corrected chi connectivity index (χ0v) is 22.7. The SMILES string of the molecule is COc1cccc(C(=O)N(CC(=O)Nc2ccc(N3CCN(C(=O)NC(C)(C)C)CC3)cc2)C(C)C)c1. The van der Waals surface area contributed by atoms with Crippen molar-refractivity contribution in [1.82, 2.24) is 15.1 Å². The maximum Gasteiger partial charge on any atom is 0.317 e. The molecule has 1 aliphatic rings. The molecular weight excluding hydrogens is 470 g/mol. The van der Waals surface area contributed by atoms with Crippen molar-refractivity contribution in [2.45, 2.75) is 46.2 Å². The van der Waals surface area contributed by atoms with Gasteiger partial charge in [0.2, 0.25) is 5.91 Å². The van der Waals surface area contributed by atoms with Gasteiger partial charge in [0.15, 0.2) is 0 Å². The molecule has 1 aliphatic heterocycles. The van der Waals surface area contributed by atoms with E-state index >= 15 is 0 Å². The summed E-state index contributed by atoms with van der Waals surface area (Å²) in [5.74, 6) is 0.0968. The maximum atomic E-state index is 13.1. The lowest BCUT2D eigenvalue weighted by Gasteiger charge is -2.37. The first-order chi connectivity index (χ1) is 17.5. The normalized spacial score (nSPS) is 13.8. The summed E-state index contributed by atoms with van der Waals surface area (Å²) in [5.41, 5.74) is 1.91. The second-order valence-corrected chi connectivity index (χ2v) is 10.5. The first kappa shape index (κ1) is 27.8. The first-order valence-electron chi connectivity index (χ1n) is 12.6. The van der Waals surface area contributed by atoms with Gasteiger partial charge in [0, 0.05) is 54.7 Å². The van der Waals surface area contributed by atoms with Gasteiger partial charge in [-0.25, -0.2) is 4.79 Å². The van der Waals surface area contributed by atoms with Crippen LogP contribution < -0.4 is 20.3 Å². The monoisotopic (exact) mass is 509 g/mol. The van der Waals surface area contributed by atoms with E-state index in [4.69, 9.17) is 4.74 Å². The summed E-state index contributed by atoms with van der Waals surface area (Å²) in [4.78, 5) is 43.8. The molecule has 0 unspecified atom stereocenters. The molecule has 2 aromatic rings. The summed E-state index contributed by atoms with van der Waals surface area (Å²) < 4.78 is 5.22. The van der Waals surface area contributed by atoms with Crippen LogP contribution in [0, 0.1) is 0 Å². The van der Waals surface area contributed by atoms with Crippen molar-refractivity contribution in [1.29, 1.82) is 0 Å². The summed E-state index contributed by atoms with van der Waals surface area (Å²) in [6.45, 7) is 12.4. The van der Waals surface area contributed by atoms with Gasteiger partial charge in [-0.3, -0.25) is 9.59 Å². The van der Waals surface area contributed by atoms with Crippen molar-refractivity contribution in [3.05, 3.63) is 54.1 Å². The quantitative estimate of drug-likeness (QED) is 0.592. The standard InChI is InChI=1S/C28H39N5O4/c1-20(2)33(26(35)21-8-7-9-24(18-21)37-6)19-25(34)29-22-10-12-23(13-11-22)31-14-16-32(17-15-31)27(36)30-28(3,4)5/h7-13,18,20H,14-17,19H2,1-6H3,(H,29,34)(H,30,36). The molecule has 1 heterocycles. The van der Waals surface area contributed by atoms with Gasteiger partial charge in [-0.2, -0.15) is 0 Å². The molecule has 3 rings (SSSR count). The minimum absolute atomic E-state index is 0.0365. The summed E-state index contributed by atoms with van der Waals surface area (Å²) in [5, 5.41) is 5.90. The van der Waals surface area contributed by atoms with Crippen LogP contribution >= 0.6 is 0 Å². The Labute approximate surface area is 219 Å². The van der Waals surface area contributed by atoms with Gasteiger partial charge in [0.25, 0.3) is 5.91 Å². The number of carbonyl (C=O) groups excluding carboxylic acids is 3. The highest BCUT2D eigenvalue weighted by Gasteiger charge is 2.25. The Bertz CT molecular complexity index is 1090. The number of benzene rings is 2. The van der Waals surface area contributed by atoms with Crippen LogP contribution in [-0.4, -0.2) is 79.1 Å². The van der Waals surface area contributed by atoms with Crippen LogP contribution in [0.15, 0.2) is 48.5 Å². The molecule has 0 aromatic heterocycles. The third kappa shape index (κ3) is 7.87. The van der Waals surface area contributed by atoms with Crippen LogP contribution in [-0.2, 0) is 4.79 Å². The molecule has 0 radical (unpaired) electrons. The number of ether oxygens (including phenoxy) is 1. The average Bonchev–Trinajstić information content (AvgIpc) is 2.86. The number of rotatable bonds is 7. The zero-order valence-electron chi connectivity index (χ0n) is 22.7. The lowest BCUT2D eigenvalue weighted by molar-refractivity contribution is -0.117. The molecule has 0 aliphatic carbocycles. The number of nitrogens with one attached hydrogen (secondary N) is 2. The molecule has 1 fully saturated rings. The average molecular weight is 510 g/mol. The Morgan fingerprint density at radius 1 is 1.00 bits per heavy atom. The van der Waals surface area contributed by atoms with E-state index in [2.05, 4.69) is 15.5 Å². The van der Waals surface area contributed by atoms with Crippen molar-refractivity contribution in [2.24, 2.45) is 0 Å². The number of hydrogen-bond acceptors (Lipinski definition) is 5. The topological polar surface area (TPSA) is 94.2 Å². The number of anilines is 2. The van der Waals surface area contributed by atoms with E-state index in [0.717, 1.165) is 18.8 Å². The van der Waals surface area contributed by atoms with Crippen LogP contribution in [0.3, 0.4) is 0 Å². The van der Waals surface area contributed by atoms with E-state index in [9.17, 15) is 14.4 Å². The molecule has 4 amide bonds. The summed E-state index contributed by atoms with van der Waals surface area (Å²) in [6, 6.07) is 14.4. The lowest BCUT2D eigenvalue weighted by Crippen LogP contribution is -2.55. The second-order valence-electron chi connectivity index (χ2n) is 10.5. The van der Waals surface area contributed by atoms with E-state index in [1.54, 1.807) is 31.4 Å². The molecule has 9 nitrogen and oxygen atoms in total. The van der Waals surface area contributed by atoms with Crippen molar-refractivity contribution in [2.75, 3.05) is 50.1 Å². The fourth-order valence-electron chi connectivity index (χ4n) is 4.09. The number of amides is 4. The highest BCUT2D eigenvalue weighted by atomic mass is 16.5. The molecule has 0 bridgehead atoms. The molecule has 0 spiro atoms. The molecule has 0 saturated carbocycles. The van der Waals surface area contributed by atoms with Crippen LogP contribution in [0.25, 0.3) is 0 Å². The van der Waals surface area contributed by atoms with E-state index in [1.807, 2.05) is 63.8 Å². The largest absolute Gasteiger partial charge is 0.497 e. The number of methoxy groups -OCH3 is 1. The van der Waals surface area contributed by atoms with E-state index < -0.39 is 0 Å². The van der Waals surface area contributed by atoms with Crippen LogP contribution in [0.5, 0.6) is 5.75 Å².